The van der Waals surface area contributed by atoms with Crippen LogP contribution in [0.15, 0.2) is 60.7 Å². The molecular formula is C17H17NO. The molecule has 0 aliphatic carbocycles. The molecule has 2 aromatic rings. The van der Waals surface area contributed by atoms with Gasteiger partial charge in [-0.3, -0.25) is 4.79 Å². The standard InChI is InChI=1S/C17H17NO/c19-17(15-9-5-2-6-10-15)18-12-11-16(13-18)14-7-3-1-4-8-14/h1-10,16H,11-13H2/t16-/m0/s1. The molecule has 0 saturated carbocycles. The fourth-order valence-corrected chi connectivity index (χ4v) is 2.71. The van der Waals surface area contributed by atoms with Crippen molar-refractivity contribution in [1.82, 2.24) is 4.90 Å². The van der Waals surface area contributed by atoms with Crippen LogP contribution in [-0.2, 0) is 0 Å². The largest absolute Gasteiger partial charge is 0.338 e. The highest BCUT2D eigenvalue weighted by molar-refractivity contribution is 5.94. The van der Waals surface area contributed by atoms with Crippen LogP contribution in [0.5, 0.6) is 0 Å². The van der Waals surface area contributed by atoms with Gasteiger partial charge in [-0.25, -0.2) is 0 Å². The molecule has 0 bridgehead atoms. The Balaban J connectivity index is 1.71. The van der Waals surface area contributed by atoms with E-state index in [1.54, 1.807) is 0 Å². The molecule has 1 aliphatic heterocycles. The topological polar surface area (TPSA) is 20.3 Å². The van der Waals surface area contributed by atoms with E-state index < -0.39 is 0 Å². The van der Waals surface area contributed by atoms with E-state index in [-0.39, 0.29) is 5.91 Å². The summed E-state index contributed by atoms with van der Waals surface area (Å²) < 4.78 is 0. The van der Waals surface area contributed by atoms with Gasteiger partial charge in [-0.15, -0.1) is 0 Å². The minimum atomic E-state index is 0.152. The molecule has 1 fully saturated rings. The summed E-state index contributed by atoms with van der Waals surface area (Å²) in [6, 6.07) is 20.0. The highest BCUT2D eigenvalue weighted by Crippen LogP contribution is 2.27. The van der Waals surface area contributed by atoms with Gasteiger partial charge in [-0.05, 0) is 24.1 Å². The van der Waals surface area contributed by atoms with Crippen LogP contribution in [0.2, 0.25) is 0 Å². The quantitative estimate of drug-likeness (QED) is 0.801. The number of hydrogen-bond acceptors (Lipinski definition) is 1. The number of rotatable bonds is 2. The molecule has 3 rings (SSSR count). The molecule has 96 valence electrons. The van der Waals surface area contributed by atoms with Crippen LogP contribution < -0.4 is 0 Å². The van der Waals surface area contributed by atoms with E-state index in [2.05, 4.69) is 24.3 Å². The lowest BCUT2D eigenvalue weighted by Gasteiger charge is -2.16. The molecule has 19 heavy (non-hydrogen) atoms. The zero-order chi connectivity index (χ0) is 13.1. The van der Waals surface area contributed by atoms with Crippen molar-refractivity contribution in [2.45, 2.75) is 12.3 Å². The maximum atomic E-state index is 12.3. The Morgan fingerprint density at radius 1 is 0.947 bits per heavy atom. The summed E-state index contributed by atoms with van der Waals surface area (Å²) in [5.74, 6) is 0.632. The first-order valence-corrected chi connectivity index (χ1v) is 6.74. The monoisotopic (exact) mass is 251 g/mol. The van der Waals surface area contributed by atoms with Crippen molar-refractivity contribution in [3.8, 4) is 0 Å². The van der Waals surface area contributed by atoms with Crippen LogP contribution in [0.4, 0.5) is 0 Å². The van der Waals surface area contributed by atoms with Crippen molar-refractivity contribution in [2.24, 2.45) is 0 Å². The maximum Gasteiger partial charge on any atom is 0.253 e. The first-order valence-electron chi connectivity index (χ1n) is 6.74. The molecule has 0 radical (unpaired) electrons. The van der Waals surface area contributed by atoms with Crippen molar-refractivity contribution >= 4 is 5.91 Å². The fourth-order valence-electron chi connectivity index (χ4n) is 2.71. The third-order valence-electron chi connectivity index (χ3n) is 3.77. The van der Waals surface area contributed by atoms with Gasteiger partial charge in [0.15, 0.2) is 0 Å². The van der Waals surface area contributed by atoms with Crippen molar-refractivity contribution in [1.29, 1.82) is 0 Å². The van der Waals surface area contributed by atoms with E-state index in [1.165, 1.54) is 5.56 Å². The summed E-state index contributed by atoms with van der Waals surface area (Å²) in [5, 5.41) is 0. The van der Waals surface area contributed by atoms with E-state index >= 15 is 0 Å². The molecule has 1 saturated heterocycles. The van der Waals surface area contributed by atoms with E-state index in [0.29, 0.717) is 5.92 Å². The smallest absolute Gasteiger partial charge is 0.253 e. The first-order chi connectivity index (χ1) is 9.34. The normalized spacial score (nSPS) is 18.5. The second-order valence-electron chi connectivity index (χ2n) is 5.01. The van der Waals surface area contributed by atoms with Crippen molar-refractivity contribution in [3.63, 3.8) is 0 Å². The van der Waals surface area contributed by atoms with Crippen LogP contribution in [0, 0.1) is 0 Å². The molecule has 1 aliphatic rings. The molecule has 2 aromatic carbocycles. The second kappa shape index (κ2) is 5.27. The van der Waals surface area contributed by atoms with Crippen molar-refractivity contribution < 1.29 is 4.79 Å². The molecular weight excluding hydrogens is 234 g/mol. The van der Waals surface area contributed by atoms with Gasteiger partial charge in [0.1, 0.15) is 0 Å². The summed E-state index contributed by atoms with van der Waals surface area (Å²) in [6.07, 6.45) is 1.06. The minimum absolute atomic E-state index is 0.152. The summed E-state index contributed by atoms with van der Waals surface area (Å²) in [4.78, 5) is 14.3. The lowest BCUT2D eigenvalue weighted by Crippen LogP contribution is -2.28. The summed E-state index contributed by atoms with van der Waals surface area (Å²) in [7, 11) is 0. The Labute approximate surface area is 113 Å². The van der Waals surface area contributed by atoms with Crippen LogP contribution in [0.3, 0.4) is 0 Å². The van der Waals surface area contributed by atoms with Gasteiger partial charge >= 0.3 is 0 Å². The molecule has 0 aromatic heterocycles. The average Bonchev–Trinajstić information content (AvgIpc) is 2.98. The Bertz CT molecular complexity index is 550. The fraction of sp³-hybridized carbons (Fsp3) is 0.235. The van der Waals surface area contributed by atoms with Gasteiger partial charge in [-0.1, -0.05) is 48.5 Å². The molecule has 0 N–H and O–H groups in total. The van der Waals surface area contributed by atoms with Gasteiger partial charge in [0.2, 0.25) is 0 Å². The van der Waals surface area contributed by atoms with Crippen molar-refractivity contribution in [2.75, 3.05) is 13.1 Å². The Hall–Kier alpha value is -2.09. The predicted octanol–water partition coefficient (Wildman–Crippen LogP) is 3.32. The highest BCUT2D eigenvalue weighted by atomic mass is 16.2. The number of nitrogens with zero attached hydrogens (tertiary/aromatic N) is 1. The van der Waals surface area contributed by atoms with Crippen LogP contribution >= 0.6 is 0 Å². The predicted molar refractivity (Wildman–Crippen MR) is 76.1 cm³/mol. The van der Waals surface area contributed by atoms with E-state index in [0.717, 1.165) is 25.1 Å². The molecule has 2 heteroatoms. The molecule has 1 amide bonds. The maximum absolute atomic E-state index is 12.3. The van der Waals surface area contributed by atoms with Crippen molar-refractivity contribution in [3.05, 3.63) is 71.8 Å². The van der Waals surface area contributed by atoms with Gasteiger partial charge in [0.05, 0.1) is 0 Å². The first kappa shape index (κ1) is 12.0. The van der Waals surface area contributed by atoms with Gasteiger partial charge < -0.3 is 4.90 Å². The molecule has 2 nitrogen and oxygen atoms in total. The minimum Gasteiger partial charge on any atom is -0.338 e. The summed E-state index contributed by atoms with van der Waals surface area (Å²) in [6.45, 7) is 1.69. The van der Waals surface area contributed by atoms with Gasteiger partial charge in [-0.2, -0.15) is 0 Å². The van der Waals surface area contributed by atoms with Crippen LogP contribution in [0.25, 0.3) is 0 Å². The lowest BCUT2D eigenvalue weighted by atomic mass is 9.99. The third kappa shape index (κ3) is 2.53. The zero-order valence-corrected chi connectivity index (χ0v) is 10.8. The number of benzene rings is 2. The molecule has 0 spiro atoms. The Morgan fingerprint density at radius 3 is 2.26 bits per heavy atom. The van der Waals surface area contributed by atoms with Crippen LogP contribution in [-0.4, -0.2) is 23.9 Å². The molecule has 1 heterocycles. The van der Waals surface area contributed by atoms with E-state index in [4.69, 9.17) is 0 Å². The zero-order valence-electron chi connectivity index (χ0n) is 10.8. The lowest BCUT2D eigenvalue weighted by molar-refractivity contribution is 0.0791. The second-order valence-corrected chi connectivity index (χ2v) is 5.01. The van der Waals surface area contributed by atoms with Crippen LogP contribution in [0.1, 0.15) is 28.3 Å². The Kier molecular flexibility index (Phi) is 3.32. The number of likely N-dealkylation sites (tertiary alicyclic amines) is 1. The number of carbonyl (C=O) groups is 1. The summed E-state index contributed by atoms with van der Waals surface area (Å²) >= 11 is 0. The summed E-state index contributed by atoms with van der Waals surface area (Å²) in [5.41, 5.74) is 2.13. The number of carbonyl (C=O) groups excluding carboxylic acids is 1. The molecule has 0 unspecified atom stereocenters. The SMILES string of the molecule is O=C(c1ccccc1)N1CC[C@H](c2ccccc2)C1. The average molecular weight is 251 g/mol. The third-order valence-corrected chi connectivity index (χ3v) is 3.77. The van der Waals surface area contributed by atoms with E-state index in [1.807, 2.05) is 41.3 Å². The molecule has 1 atom stereocenters. The Morgan fingerprint density at radius 2 is 1.58 bits per heavy atom. The van der Waals surface area contributed by atoms with E-state index in [9.17, 15) is 4.79 Å². The number of amides is 1. The number of hydrogen-bond donors (Lipinski definition) is 0. The van der Waals surface area contributed by atoms with Gasteiger partial charge in [0.25, 0.3) is 5.91 Å². The van der Waals surface area contributed by atoms with Gasteiger partial charge in [0, 0.05) is 24.6 Å². The highest BCUT2D eigenvalue weighted by Gasteiger charge is 2.27.